The highest BCUT2D eigenvalue weighted by Crippen LogP contribution is 2.38. The number of H-pyrrole nitrogens is 1. The number of aromatic amines is 1. The zero-order valence-corrected chi connectivity index (χ0v) is 12.2. The van der Waals surface area contributed by atoms with Crippen molar-refractivity contribution in [1.82, 2.24) is 14.5 Å². The molecule has 0 spiro atoms. The van der Waals surface area contributed by atoms with Gasteiger partial charge in [0.15, 0.2) is 4.77 Å². The summed E-state index contributed by atoms with van der Waals surface area (Å²) in [7, 11) is 0. The normalized spacial score (nSPS) is 30.1. The van der Waals surface area contributed by atoms with Crippen molar-refractivity contribution in [2.45, 2.75) is 18.9 Å². The SMILES string of the molecule is S=c1[nH]c2cccc(Cl)c2n1C1CN2CCC1CC2. The minimum Gasteiger partial charge on any atom is -0.331 e. The largest absolute Gasteiger partial charge is 0.331 e. The van der Waals surface area contributed by atoms with Gasteiger partial charge in [0.05, 0.1) is 22.1 Å². The first-order chi connectivity index (χ1) is 9.24. The van der Waals surface area contributed by atoms with E-state index in [4.69, 9.17) is 23.8 Å². The Morgan fingerprint density at radius 3 is 2.74 bits per heavy atom. The van der Waals surface area contributed by atoms with Crippen LogP contribution in [-0.4, -0.2) is 34.1 Å². The number of rotatable bonds is 1. The third kappa shape index (κ3) is 1.77. The molecule has 4 heterocycles. The van der Waals surface area contributed by atoms with Gasteiger partial charge in [0.1, 0.15) is 0 Å². The number of hydrogen-bond acceptors (Lipinski definition) is 2. The Hall–Kier alpha value is -0.840. The maximum atomic E-state index is 6.40. The molecule has 1 aromatic carbocycles. The summed E-state index contributed by atoms with van der Waals surface area (Å²) in [5.74, 6) is 0.743. The summed E-state index contributed by atoms with van der Waals surface area (Å²) in [6, 6.07) is 6.44. The fourth-order valence-corrected chi connectivity index (χ4v) is 4.28. The Balaban J connectivity index is 1.91. The number of halogens is 1. The molecule has 3 aliphatic rings. The molecule has 1 unspecified atom stereocenters. The minimum atomic E-state index is 0.476. The molecule has 100 valence electrons. The average Bonchev–Trinajstić information content (AvgIpc) is 2.77. The molecule has 5 rings (SSSR count). The second-order valence-electron chi connectivity index (χ2n) is 5.64. The monoisotopic (exact) mass is 293 g/mol. The van der Waals surface area contributed by atoms with Crippen molar-refractivity contribution in [3.05, 3.63) is 28.0 Å². The van der Waals surface area contributed by atoms with Gasteiger partial charge in [-0.05, 0) is 56.2 Å². The van der Waals surface area contributed by atoms with E-state index in [-0.39, 0.29) is 0 Å². The van der Waals surface area contributed by atoms with E-state index in [1.165, 1.54) is 25.9 Å². The third-order valence-corrected chi connectivity index (χ3v) is 5.25. The molecule has 1 atom stereocenters. The number of fused-ring (bicyclic) bond motifs is 4. The molecule has 3 aliphatic heterocycles. The summed E-state index contributed by atoms with van der Waals surface area (Å²) in [5.41, 5.74) is 2.13. The summed E-state index contributed by atoms with van der Waals surface area (Å²) >= 11 is 11.9. The molecule has 0 radical (unpaired) electrons. The minimum absolute atomic E-state index is 0.476. The number of imidazole rings is 1. The molecular formula is C14H16ClN3S. The van der Waals surface area contributed by atoms with E-state index in [0.717, 1.165) is 33.3 Å². The van der Waals surface area contributed by atoms with Crippen LogP contribution in [-0.2, 0) is 0 Å². The van der Waals surface area contributed by atoms with Gasteiger partial charge < -0.3 is 14.5 Å². The maximum Gasteiger partial charge on any atom is 0.178 e. The van der Waals surface area contributed by atoms with Crippen LogP contribution in [0.25, 0.3) is 11.0 Å². The quantitative estimate of drug-likeness (QED) is 0.812. The molecule has 2 bridgehead atoms. The third-order valence-electron chi connectivity index (χ3n) is 4.64. The molecule has 1 aromatic heterocycles. The van der Waals surface area contributed by atoms with Gasteiger partial charge in [0.25, 0.3) is 0 Å². The Morgan fingerprint density at radius 2 is 2.05 bits per heavy atom. The van der Waals surface area contributed by atoms with Crippen LogP contribution >= 0.6 is 23.8 Å². The predicted molar refractivity (Wildman–Crippen MR) is 80.3 cm³/mol. The molecule has 0 amide bonds. The van der Waals surface area contributed by atoms with Gasteiger partial charge in [-0.15, -0.1) is 0 Å². The first-order valence-electron chi connectivity index (χ1n) is 6.85. The fraction of sp³-hybridized carbons (Fsp3) is 0.500. The van der Waals surface area contributed by atoms with Crippen molar-refractivity contribution in [1.29, 1.82) is 0 Å². The number of benzene rings is 1. The standard InChI is InChI=1S/C14H16ClN3S/c15-10-2-1-3-11-13(10)18(14(19)16-11)12-8-17-6-4-9(12)5-7-17/h1-3,9,12H,4-8H2,(H,16,19). The predicted octanol–water partition coefficient (Wildman–Crippen LogP) is 3.62. The zero-order valence-electron chi connectivity index (χ0n) is 10.6. The molecule has 5 heteroatoms. The van der Waals surface area contributed by atoms with Crippen LogP contribution in [0, 0.1) is 10.7 Å². The summed E-state index contributed by atoms with van der Waals surface area (Å²) in [6.45, 7) is 3.59. The van der Waals surface area contributed by atoms with Crippen molar-refractivity contribution in [3.63, 3.8) is 0 Å². The van der Waals surface area contributed by atoms with Crippen molar-refractivity contribution >= 4 is 34.9 Å². The summed E-state index contributed by atoms with van der Waals surface area (Å²) in [6.07, 6.45) is 2.56. The van der Waals surface area contributed by atoms with Crippen LogP contribution in [0.3, 0.4) is 0 Å². The Morgan fingerprint density at radius 1 is 1.26 bits per heavy atom. The molecule has 3 nitrogen and oxygen atoms in total. The first-order valence-corrected chi connectivity index (χ1v) is 7.64. The van der Waals surface area contributed by atoms with Gasteiger partial charge in [0.2, 0.25) is 0 Å². The molecule has 3 fully saturated rings. The second kappa shape index (κ2) is 4.33. The Bertz CT molecular complexity index is 682. The van der Waals surface area contributed by atoms with E-state index < -0.39 is 0 Å². The molecule has 19 heavy (non-hydrogen) atoms. The van der Waals surface area contributed by atoms with Crippen LogP contribution in [0.2, 0.25) is 5.02 Å². The van der Waals surface area contributed by atoms with E-state index in [2.05, 4.69) is 20.5 Å². The van der Waals surface area contributed by atoms with Gasteiger partial charge in [-0.1, -0.05) is 17.7 Å². The van der Waals surface area contributed by atoms with Gasteiger partial charge in [-0.2, -0.15) is 0 Å². The van der Waals surface area contributed by atoms with Crippen molar-refractivity contribution in [3.8, 4) is 0 Å². The van der Waals surface area contributed by atoms with E-state index in [9.17, 15) is 0 Å². The van der Waals surface area contributed by atoms with Gasteiger partial charge >= 0.3 is 0 Å². The van der Waals surface area contributed by atoms with E-state index in [1.807, 2.05) is 12.1 Å². The topological polar surface area (TPSA) is 24.0 Å². The summed E-state index contributed by atoms with van der Waals surface area (Å²) in [4.78, 5) is 5.84. The second-order valence-corrected chi connectivity index (χ2v) is 6.44. The zero-order chi connectivity index (χ0) is 13.0. The molecule has 3 saturated heterocycles. The lowest BCUT2D eigenvalue weighted by molar-refractivity contribution is 0.0582. The first kappa shape index (κ1) is 11.9. The highest BCUT2D eigenvalue weighted by atomic mass is 35.5. The lowest BCUT2D eigenvalue weighted by Crippen LogP contribution is -2.48. The number of hydrogen-bond donors (Lipinski definition) is 1. The lowest BCUT2D eigenvalue weighted by atomic mass is 9.84. The smallest absolute Gasteiger partial charge is 0.178 e. The van der Waals surface area contributed by atoms with E-state index in [0.29, 0.717) is 6.04 Å². The number of nitrogens with one attached hydrogen (secondary N) is 1. The summed E-state index contributed by atoms with van der Waals surface area (Å²) < 4.78 is 3.07. The Labute approximate surface area is 122 Å². The van der Waals surface area contributed by atoms with E-state index in [1.54, 1.807) is 0 Å². The molecule has 0 saturated carbocycles. The van der Waals surface area contributed by atoms with E-state index >= 15 is 0 Å². The number of piperidine rings is 3. The van der Waals surface area contributed by atoms with Crippen LogP contribution in [0.15, 0.2) is 18.2 Å². The molecule has 2 aromatic rings. The van der Waals surface area contributed by atoms with Gasteiger partial charge in [-0.3, -0.25) is 0 Å². The number of nitrogens with zero attached hydrogens (tertiary/aromatic N) is 2. The van der Waals surface area contributed by atoms with Crippen molar-refractivity contribution < 1.29 is 0 Å². The van der Waals surface area contributed by atoms with Gasteiger partial charge in [-0.25, -0.2) is 0 Å². The van der Waals surface area contributed by atoms with Crippen molar-refractivity contribution in [2.75, 3.05) is 19.6 Å². The fourth-order valence-electron chi connectivity index (χ4n) is 3.68. The highest BCUT2D eigenvalue weighted by Gasteiger charge is 2.36. The van der Waals surface area contributed by atoms with Crippen LogP contribution in [0.4, 0.5) is 0 Å². The van der Waals surface area contributed by atoms with Crippen LogP contribution in [0.5, 0.6) is 0 Å². The van der Waals surface area contributed by atoms with Crippen LogP contribution in [0.1, 0.15) is 18.9 Å². The number of aromatic nitrogens is 2. The maximum absolute atomic E-state index is 6.40. The number of para-hydroxylation sites is 1. The molecule has 0 aliphatic carbocycles. The Kier molecular flexibility index (Phi) is 2.72. The molecular weight excluding hydrogens is 278 g/mol. The lowest BCUT2D eigenvalue weighted by Gasteiger charge is -2.45. The highest BCUT2D eigenvalue weighted by molar-refractivity contribution is 7.71. The van der Waals surface area contributed by atoms with Crippen LogP contribution < -0.4 is 0 Å². The van der Waals surface area contributed by atoms with Gasteiger partial charge in [0, 0.05) is 6.54 Å². The molecule has 1 N–H and O–H groups in total. The summed E-state index contributed by atoms with van der Waals surface area (Å²) in [5, 5.41) is 0.793. The average molecular weight is 294 g/mol. The van der Waals surface area contributed by atoms with Crippen molar-refractivity contribution in [2.24, 2.45) is 5.92 Å².